The average molecular weight is 386 g/mol. The number of anilines is 1. The minimum atomic E-state index is -0.332. The fraction of sp³-hybridized carbons (Fsp3) is 0.450. The molecule has 7 heteroatoms. The van der Waals surface area contributed by atoms with E-state index < -0.39 is 0 Å². The van der Waals surface area contributed by atoms with Crippen LogP contribution in [0.2, 0.25) is 5.02 Å². The third-order valence-electron chi connectivity index (χ3n) is 6.13. The highest BCUT2D eigenvalue weighted by molar-refractivity contribution is 6.31. The molecule has 3 aliphatic heterocycles. The molecular formula is C20H20ClN3O3. The van der Waals surface area contributed by atoms with Gasteiger partial charge in [-0.2, -0.15) is 5.10 Å². The van der Waals surface area contributed by atoms with Crippen molar-refractivity contribution in [1.29, 1.82) is 0 Å². The fourth-order valence-electron chi connectivity index (χ4n) is 4.89. The van der Waals surface area contributed by atoms with Gasteiger partial charge in [0.05, 0.1) is 47.7 Å². The van der Waals surface area contributed by atoms with E-state index in [1.807, 2.05) is 42.8 Å². The van der Waals surface area contributed by atoms with Crippen LogP contribution in [0.4, 0.5) is 5.69 Å². The van der Waals surface area contributed by atoms with Crippen LogP contribution < -0.4 is 4.90 Å². The van der Waals surface area contributed by atoms with Crippen LogP contribution in [0.25, 0.3) is 0 Å². The van der Waals surface area contributed by atoms with Crippen LogP contribution in [-0.2, 0) is 20.9 Å². The minimum absolute atomic E-state index is 0.111. The molecule has 0 N–H and O–H groups in total. The zero-order valence-electron chi connectivity index (χ0n) is 15.2. The Morgan fingerprint density at radius 2 is 1.74 bits per heavy atom. The molecule has 0 aliphatic carbocycles. The number of ether oxygens (including phenoxy) is 1. The Kier molecular flexibility index (Phi) is 3.71. The van der Waals surface area contributed by atoms with Crippen LogP contribution in [0.1, 0.15) is 29.8 Å². The van der Waals surface area contributed by atoms with E-state index in [0.29, 0.717) is 22.9 Å². The number of hydrogen-bond donors (Lipinski definition) is 0. The number of benzene rings is 1. The van der Waals surface area contributed by atoms with Crippen molar-refractivity contribution in [2.75, 3.05) is 4.90 Å². The maximum absolute atomic E-state index is 13.1. The van der Waals surface area contributed by atoms with Crippen molar-refractivity contribution in [3.05, 3.63) is 46.2 Å². The molecule has 4 unspecified atom stereocenters. The summed E-state index contributed by atoms with van der Waals surface area (Å²) in [5.74, 6) is -0.940. The number of imide groups is 1. The summed E-state index contributed by atoms with van der Waals surface area (Å²) < 4.78 is 7.63. The molecule has 5 rings (SSSR count). The summed E-state index contributed by atoms with van der Waals surface area (Å²) in [6.45, 7) is 4.22. The normalized spacial score (nSPS) is 29.1. The maximum atomic E-state index is 13.1. The number of aryl methyl sites for hydroxylation is 1. The molecule has 27 heavy (non-hydrogen) atoms. The zero-order valence-corrected chi connectivity index (χ0v) is 15.9. The number of amides is 2. The first-order chi connectivity index (χ1) is 13.0. The maximum Gasteiger partial charge on any atom is 0.240 e. The second-order valence-corrected chi connectivity index (χ2v) is 8.03. The Hall–Kier alpha value is -2.18. The third kappa shape index (κ3) is 2.33. The summed E-state index contributed by atoms with van der Waals surface area (Å²) in [5, 5.41) is 5.26. The van der Waals surface area contributed by atoms with Gasteiger partial charge in [0.25, 0.3) is 0 Å². The van der Waals surface area contributed by atoms with E-state index in [0.717, 1.165) is 24.1 Å². The fourth-order valence-corrected chi connectivity index (χ4v) is 5.08. The van der Waals surface area contributed by atoms with E-state index in [1.54, 1.807) is 0 Å². The second kappa shape index (κ2) is 5.91. The van der Waals surface area contributed by atoms with Gasteiger partial charge in [-0.15, -0.1) is 0 Å². The topological polar surface area (TPSA) is 64.4 Å². The predicted molar refractivity (Wildman–Crippen MR) is 99.6 cm³/mol. The lowest BCUT2D eigenvalue weighted by Gasteiger charge is -2.18. The Labute approximate surface area is 162 Å². The molecule has 2 aromatic rings. The van der Waals surface area contributed by atoms with Crippen LogP contribution in [0.3, 0.4) is 0 Å². The number of hydrogen-bond acceptors (Lipinski definition) is 4. The quantitative estimate of drug-likeness (QED) is 0.762. The molecule has 2 amide bonds. The summed E-state index contributed by atoms with van der Waals surface area (Å²) in [5.41, 5.74) is 3.03. The molecule has 4 atom stereocenters. The van der Waals surface area contributed by atoms with Gasteiger partial charge < -0.3 is 4.74 Å². The molecule has 2 bridgehead atoms. The van der Waals surface area contributed by atoms with Crippen LogP contribution in [0.15, 0.2) is 24.3 Å². The van der Waals surface area contributed by atoms with E-state index >= 15 is 0 Å². The summed E-state index contributed by atoms with van der Waals surface area (Å²) in [4.78, 5) is 27.5. The number of carbonyl (C=O) groups is 2. The zero-order chi connectivity index (χ0) is 18.9. The van der Waals surface area contributed by atoms with Gasteiger partial charge in [-0.3, -0.25) is 14.3 Å². The number of nitrogens with zero attached hydrogens (tertiary/aromatic N) is 3. The Morgan fingerprint density at radius 1 is 1.11 bits per heavy atom. The molecule has 4 heterocycles. The van der Waals surface area contributed by atoms with Crippen LogP contribution in [0, 0.1) is 25.7 Å². The molecule has 1 aromatic heterocycles. The highest BCUT2D eigenvalue weighted by Gasteiger charge is 2.63. The first-order valence-corrected chi connectivity index (χ1v) is 9.66. The Morgan fingerprint density at radius 3 is 2.37 bits per heavy atom. The SMILES string of the molecule is Cc1nn(Cc2ccccc2Cl)c(C)c1N1C(=O)C2C3CCC(O3)C2C1=O. The minimum Gasteiger partial charge on any atom is -0.373 e. The second-order valence-electron chi connectivity index (χ2n) is 7.62. The highest BCUT2D eigenvalue weighted by Crippen LogP contribution is 2.50. The van der Waals surface area contributed by atoms with E-state index in [1.165, 1.54) is 4.90 Å². The average Bonchev–Trinajstić information content (AvgIpc) is 3.37. The third-order valence-corrected chi connectivity index (χ3v) is 6.50. The van der Waals surface area contributed by atoms with E-state index in [4.69, 9.17) is 16.3 Å². The number of fused-ring (bicyclic) bond motifs is 5. The molecule has 3 saturated heterocycles. The lowest BCUT2D eigenvalue weighted by Crippen LogP contribution is -2.35. The first-order valence-electron chi connectivity index (χ1n) is 9.28. The summed E-state index contributed by atoms with van der Waals surface area (Å²) in [6, 6.07) is 7.60. The van der Waals surface area contributed by atoms with Gasteiger partial charge in [-0.05, 0) is 38.3 Å². The van der Waals surface area contributed by atoms with E-state index in [9.17, 15) is 9.59 Å². The molecule has 6 nitrogen and oxygen atoms in total. The van der Waals surface area contributed by atoms with Gasteiger partial charge >= 0.3 is 0 Å². The molecule has 3 aliphatic rings. The van der Waals surface area contributed by atoms with E-state index in [-0.39, 0.29) is 35.9 Å². The van der Waals surface area contributed by atoms with Gasteiger partial charge in [-0.1, -0.05) is 29.8 Å². The Bertz CT molecular complexity index is 941. The van der Waals surface area contributed by atoms with Crippen molar-refractivity contribution >= 4 is 29.1 Å². The van der Waals surface area contributed by atoms with Gasteiger partial charge in [-0.25, -0.2) is 4.90 Å². The highest BCUT2D eigenvalue weighted by atomic mass is 35.5. The molecule has 0 radical (unpaired) electrons. The van der Waals surface area contributed by atoms with Gasteiger partial charge in [0, 0.05) is 5.02 Å². The van der Waals surface area contributed by atoms with Gasteiger partial charge in [0.1, 0.15) is 0 Å². The molecule has 140 valence electrons. The predicted octanol–water partition coefficient (Wildman–Crippen LogP) is 2.87. The van der Waals surface area contributed by atoms with Crippen molar-refractivity contribution in [3.8, 4) is 0 Å². The number of carbonyl (C=O) groups excluding carboxylic acids is 2. The van der Waals surface area contributed by atoms with Crippen LogP contribution >= 0.6 is 11.6 Å². The lowest BCUT2D eigenvalue weighted by atomic mass is 9.81. The number of rotatable bonds is 3. The standard InChI is InChI=1S/C20H20ClN3O3/c1-10-18(11(2)23(22-10)9-12-5-3-4-6-13(12)21)24-19(25)16-14-7-8-15(27-14)17(16)20(24)26/h3-6,14-17H,7-9H2,1-2H3. The van der Waals surface area contributed by atoms with Crippen molar-refractivity contribution in [2.45, 2.75) is 45.4 Å². The summed E-state index contributed by atoms with van der Waals surface area (Å²) >= 11 is 6.28. The van der Waals surface area contributed by atoms with Gasteiger partial charge in [0.15, 0.2) is 0 Å². The molecule has 0 spiro atoms. The number of aromatic nitrogens is 2. The summed E-state index contributed by atoms with van der Waals surface area (Å²) in [6.07, 6.45) is 1.51. The number of halogens is 1. The van der Waals surface area contributed by atoms with Crippen molar-refractivity contribution in [2.24, 2.45) is 11.8 Å². The van der Waals surface area contributed by atoms with Crippen molar-refractivity contribution < 1.29 is 14.3 Å². The molecular weight excluding hydrogens is 366 g/mol. The van der Waals surface area contributed by atoms with Crippen LogP contribution in [0.5, 0.6) is 0 Å². The Balaban J connectivity index is 1.51. The van der Waals surface area contributed by atoms with E-state index in [2.05, 4.69) is 5.10 Å². The molecule has 3 fully saturated rings. The first kappa shape index (κ1) is 17.0. The van der Waals surface area contributed by atoms with Crippen LogP contribution in [-0.4, -0.2) is 33.8 Å². The summed E-state index contributed by atoms with van der Waals surface area (Å²) in [7, 11) is 0. The van der Waals surface area contributed by atoms with Gasteiger partial charge in [0.2, 0.25) is 11.8 Å². The van der Waals surface area contributed by atoms with Crippen molar-refractivity contribution in [3.63, 3.8) is 0 Å². The molecule has 0 saturated carbocycles. The van der Waals surface area contributed by atoms with Crippen molar-refractivity contribution in [1.82, 2.24) is 9.78 Å². The lowest BCUT2D eigenvalue weighted by molar-refractivity contribution is -0.124. The monoisotopic (exact) mass is 385 g/mol. The molecule has 1 aromatic carbocycles. The smallest absolute Gasteiger partial charge is 0.240 e. The largest absolute Gasteiger partial charge is 0.373 e.